The molecule has 5 heteroatoms. The van der Waals surface area contributed by atoms with Crippen molar-refractivity contribution in [3.8, 4) is 0 Å². The quantitative estimate of drug-likeness (QED) is 0.654. The first kappa shape index (κ1) is 9.92. The molecular weight excluding hydrogens is 181 g/mol. The Morgan fingerprint density at radius 3 is 2.75 bits per heavy atom. The minimum Gasteiger partial charge on any atom is -0.316 e. The van der Waals surface area contributed by atoms with Crippen LogP contribution in [0.4, 0.5) is 3.89 Å². The van der Waals surface area contributed by atoms with Gasteiger partial charge in [0.15, 0.2) is 0 Å². The van der Waals surface area contributed by atoms with E-state index in [1.54, 1.807) is 0 Å². The van der Waals surface area contributed by atoms with Crippen LogP contribution in [0.2, 0.25) is 0 Å². The highest BCUT2D eigenvalue weighted by Crippen LogP contribution is 2.20. The average molecular weight is 195 g/mol. The predicted octanol–water partition coefficient (Wildman–Crippen LogP) is 0.531. The molecule has 0 saturated carbocycles. The van der Waals surface area contributed by atoms with Crippen LogP contribution >= 0.6 is 0 Å². The third-order valence-electron chi connectivity index (χ3n) is 2.40. The van der Waals surface area contributed by atoms with Gasteiger partial charge in [-0.25, -0.2) is 0 Å². The van der Waals surface area contributed by atoms with Crippen LogP contribution in [0.1, 0.15) is 13.3 Å². The lowest BCUT2D eigenvalue weighted by Gasteiger charge is -2.27. The van der Waals surface area contributed by atoms with E-state index in [-0.39, 0.29) is 11.7 Å². The number of rotatable bonds is 2. The standard InChI is InChI=1S/C7H14FNO2S/c1-6-2-3-9-4-7(6)5-12(8,10)11/h6-7,9H,2-5H2,1H3. The lowest BCUT2D eigenvalue weighted by Crippen LogP contribution is -2.38. The van der Waals surface area contributed by atoms with E-state index >= 15 is 0 Å². The van der Waals surface area contributed by atoms with Crippen LogP contribution in [0.5, 0.6) is 0 Å². The van der Waals surface area contributed by atoms with Gasteiger partial charge in [0, 0.05) is 0 Å². The summed E-state index contributed by atoms with van der Waals surface area (Å²) in [6.07, 6.45) is 0.931. The smallest absolute Gasteiger partial charge is 0.302 e. The number of piperidine rings is 1. The molecule has 1 saturated heterocycles. The second-order valence-corrected chi connectivity index (χ2v) is 4.85. The van der Waals surface area contributed by atoms with Crippen LogP contribution in [0.3, 0.4) is 0 Å². The normalized spacial score (nSPS) is 31.8. The molecule has 2 unspecified atom stereocenters. The second kappa shape index (κ2) is 3.70. The zero-order valence-corrected chi connectivity index (χ0v) is 7.90. The summed E-state index contributed by atoms with van der Waals surface area (Å²) in [4.78, 5) is 0. The van der Waals surface area contributed by atoms with E-state index in [0.717, 1.165) is 13.0 Å². The van der Waals surface area contributed by atoms with Crippen LogP contribution < -0.4 is 5.32 Å². The van der Waals surface area contributed by atoms with Gasteiger partial charge in [-0.15, -0.1) is 3.89 Å². The van der Waals surface area contributed by atoms with Crippen molar-refractivity contribution in [2.45, 2.75) is 13.3 Å². The van der Waals surface area contributed by atoms with Crippen molar-refractivity contribution in [3.05, 3.63) is 0 Å². The van der Waals surface area contributed by atoms with Gasteiger partial charge in [-0.3, -0.25) is 0 Å². The Morgan fingerprint density at radius 1 is 1.58 bits per heavy atom. The highest BCUT2D eigenvalue weighted by molar-refractivity contribution is 7.86. The van der Waals surface area contributed by atoms with Crippen molar-refractivity contribution in [3.63, 3.8) is 0 Å². The van der Waals surface area contributed by atoms with E-state index in [4.69, 9.17) is 0 Å². The molecule has 0 aromatic rings. The molecule has 0 aromatic carbocycles. The number of hydrogen-bond donors (Lipinski definition) is 1. The molecule has 1 aliphatic heterocycles. The maximum absolute atomic E-state index is 12.3. The Kier molecular flexibility index (Phi) is 3.06. The number of hydrogen-bond acceptors (Lipinski definition) is 3. The third-order valence-corrected chi connectivity index (χ3v) is 3.23. The summed E-state index contributed by atoms with van der Waals surface area (Å²) in [5, 5.41) is 3.06. The molecular formula is C7H14FNO2S. The highest BCUT2D eigenvalue weighted by Gasteiger charge is 2.25. The van der Waals surface area contributed by atoms with Gasteiger partial charge in [0.1, 0.15) is 0 Å². The average Bonchev–Trinajstić information content (AvgIpc) is 1.91. The molecule has 1 aliphatic rings. The zero-order chi connectivity index (χ0) is 9.19. The van der Waals surface area contributed by atoms with E-state index in [9.17, 15) is 12.3 Å². The van der Waals surface area contributed by atoms with Gasteiger partial charge >= 0.3 is 10.2 Å². The van der Waals surface area contributed by atoms with Crippen molar-refractivity contribution >= 4 is 10.2 Å². The molecule has 3 nitrogen and oxygen atoms in total. The molecule has 0 bridgehead atoms. The summed E-state index contributed by atoms with van der Waals surface area (Å²) in [7, 11) is -4.30. The summed E-state index contributed by atoms with van der Waals surface area (Å²) in [6, 6.07) is 0. The molecule has 12 heavy (non-hydrogen) atoms. The molecule has 0 aromatic heterocycles. The van der Waals surface area contributed by atoms with Crippen molar-refractivity contribution in [2.24, 2.45) is 11.8 Å². The maximum atomic E-state index is 12.3. The van der Waals surface area contributed by atoms with E-state index in [1.165, 1.54) is 0 Å². The number of halogens is 1. The van der Waals surface area contributed by atoms with Gasteiger partial charge in [0.25, 0.3) is 0 Å². The van der Waals surface area contributed by atoms with Gasteiger partial charge in [-0.1, -0.05) is 6.92 Å². The summed E-state index contributed by atoms with van der Waals surface area (Å²) in [5.74, 6) is -0.0909. The maximum Gasteiger partial charge on any atom is 0.302 e. The Morgan fingerprint density at radius 2 is 2.25 bits per heavy atom. The predicted molar refractivity (Wildman–Crippen MR) is 45.0 cm³/mol. The van der Waals surface area contributed by atoms with Gasteiger partial charge in [0.2, 0.25) is 0 Å². The topological polar surface area (TPSA) is 46.2 Å². The number of nitrogens with one attached hydrogen (secondary N) is 1. The fraction of sp³-hybridized carbons (Fsp3) is 1.00. The molecule has 1 rings (SSSR count). The molecule has 1 heterocycles. The summed E-state index contributed by atoms with van der Waals surface area (Å²) in [5.41, 5.74) is 0. The van der Waals surface area contributed by atoms with E-state index < -0.39 is 10.2 Å². The van der Waals surface area contributed by atoms with Crippen LogP contribution in [0.15, 0.2) is 0 Å². The van der Waals surface area contributed by atoms with Crippen LogP contribution in [-0.4, -0.2) is 27.3 Å². The van der Waals surface area contributed by atoms with Crippen molar-refractivity contribution in [1.82, 2.24) is 5.32 Å². The minimum absolute atomic E-state index is 0.0613. The Hall–Kier alpha value is -0.160. The summed E-state index contributed by atoms with van der Waals surface area (Å²) < 4.78 is 33.0. The monoisotopic (exact) mass is 195 g/mol. The first-order valence-corrected chi connectivity index (χ1v) is 5.67. The van der Waals surface area contributed by atoms with E-state index in [1.807, 2.05) is 6.92 Å². The first-order valence-electron chi connectivity index (χ1n) is 4.12. The highest BCUT2D eigenvalue weighted by atomic mass is 32.3. The molecule has 0 aliphatic carbocycles. The second-order valence-electron chi connectivity index (χ2n) is 3.44. The van der Waals surface area contributed by atoms with E-state index in [2.05, 4.69) is 5.32 Å². The van der Waals surface area contributed by atoms with Crippen LogP contribution in [0.25, 0.3) is 0 Å². The molecule has 0 spiro atoms. The largest absolute Gasteiger partial charge is 0.316 e. The third kappa shape index (κ3) is 3.06. The first-order chi connectivity index (χ1) is 5.49. The van der Waals surface area contributed by atoms with E-state index in [0.29, 0.717) is 12.5 Å². The Labute approximate surface area is 72.6 Å². The lowest BCUT2D eigenvalue weighted by molar-refractivity contribution is 0.295. The Bertz CT molecular complexity index is 240. The van der Waals surface area contributed by atoms with Crippen LogP contribution in [-0.2, 0) is 10.2 Å². The van der Waals surface area contributed by atoms with Crippen LogP contribution in [0, 0.1) is 11.8 Å². The molecule has 72 valence electrons. The van der Waals surface area contributed by atoms with Crippen molar-refractivity contribution in [2.75, 3.05) is 18.8 Å². The molecule has 0 amide bonds. The van der Waals surface area contributed by atoms with Crippen molar-refractivity contribution in [1.29, 1.82) is 0 Å². The van der Waals surface area contributed by atoms with Gasteiger partial charge < -0.3 is 5.32 Å². The summed E-state index contributed by atoms with van der Waals surface area (Å²) >= 11 is 0. The van der Waals surface area contributed by atoms with Gasteiger partial charge in [-0.05, 0) is 31.3 Å². The van der Waals surface area contributed by atoms with Crippen molar-refractivity contribution < 1.29 is 12.3 Å². The Balaban J connectivity index is 2.50. The SMILES string of the molecule is CC1CCNCC1CS(=O)(=O)F. The van der Waals surface area contributed by atoms with Gasteiger partial charge in [-0.2, -0.15) is 8.42 Å². The summed E-state index contributed by atoms with van der Waals surface area (Å²) in [6.45, 7) is 3.49. The molecule has 0 radical (unpaired) electrons. The molecule has 1 fully saturated rings. The lowest BCUT2D eigenvalue weighted by atomic mass is 9.90. The molecule has 1 N–H and O–H groups in total. The minimum atomic E-state index is -4.30. The fourth-order valence-corrected chi connectivity index (χ4v) is 2.49. The molecule has 2 atom stereocenters. The zero-order valence-electron chi connectivity index (χ0n) is 7.09. The van der Waals surface area contributed by atoms with Gasteiger partial charge in [0.05, 0.1) is 5.75 Å². The fourth-order valence-electron chi connectivity index (χ4n) is 1.53.